The molecule has 0 unspecified atom stereocenters. The van der Waals surface area contributed by atoms with Crippen molar-refractivity contribution in [3.63, 3.8) is 0 Å². The molecular formula is C19H21N7OS2. The number of rotatable bonds is 4. The number of nitrogens with one attached hydrogen (secondary N) is 1. The third kappa shape index (κ3) is 3.21. The molecule has 1 aliphatic rings. The van der Waals surface area contributed by atoms with Crippen LogP contribution in [0, 0.1) is 0 Å². The van der Waals surface area contributed by atoms with E-state index in [0.717, 1.165) is 46.7 Å². The first-order valence-corrected chi connectivity index (χ1v) is 11.3. The molecule has 0 saturated carbocycles. The van der Waals surface area contributed by atoms with Crippen molar-refractivity contribution in [1.29, 1.82) is 0 Å². The Labute approximate surface area is 175 Å². The minimum absolute atomic E-state index is 0.0747. The van der Waals surface area contributed by atoms with Gasteiger partial charge in [0, 0.05) is 39.8 Å². The predicted molar refractivity (Wildman–Crippen MR) is 117 cm³/mol. The molecule has 4 heterocycles. The van der Waals surface area contributed by atoms with E-state index in [2.05, 4.69) is 21.3 Å². The highest BCUT2D eigenvalue weighted by atomic mass is 32.2. The fourth-order valence-electron chi connectivity index (χ4n) is 3.60. The molecule has 0 spiro atoms. The molecule has 0 radical (unpaired) electrons. The first-order chi connectivity index (χ1) is 14.2. The van der Waals surface area contributed by atoms with Gasteiger partial charge in [-0.2, -0.15) is 4.98 Å². The second-order valence-corrected chi connectivity index (χ2v) is 9.12. The maximum atomic E-state index is 13.2. The van der Waals surface area contributed by atoms with Crippen LogP contribution >= 0.6 is 23.1 Å². The number of hydrogen-bond donors (Lipinski definition) is 1. The Kier molecular flexibility index (Phi) is 4.76. The van der Waals surface area contributed by atoms with Crippen molar-refractivity contribution >= 4 is 50.4 Å². The van der Waals surface area contributed by atoms with Crippen molar-refractivity contribution in [2.24, 2.45) is 7.05 Å². The first-order valence-electron chi connectivity index (χ1n) is 9.62. The average Bonchev–Trinajstić information content (AvgIpc) is 3.33. The molecule has 0 bridgehead atoms. The molecule has 0 amide bonds. The zero-order valence-electron chi connectivity index (χ0n) is 16.3. The summed E-state index contributed by atoms with van der Waals surface area (Å²) in [5, 5.41) is 3.96. The van der Waals surface area contributed by atoms with Crippen LogP contribution < -0.4 is 15.8 Å². The quantitative estimate of drug-likeness (QED) is 0.501. The van der Waals surface area contributed by atoms with Crippen molar-refractivity contribution < 1.29 is 0 Å². The van der Waals surface area contributed by atoms with Gasteiger partial charge in [0.1, 0.15) is 0 Å². The Hall–Kier alpha value is -2.43. The number of thiazole rings is 1. The van der Waals surface area contributed by atoms with E-state index in [1.807, 2.05) is 29.7 Å². The summed E-state index contributed by atoms with van der Waals surface area (Å²) in [6.07, 6.45) is 0. The number of imidazole rings is 1. The Bertz CT molecular complexity index is 1220. The van der Waals surface area contributed by atoms with Crippen LogP contribution in [0.1, 0.15) is 6.92 Å². The van der Waals surface area contributed by atoms with Crippen LogP contribution in [0.2, 0.25) is 0 Å². The van der Waals surface area contributed by atoms with Crippen LogP contribution in [-0.4, -0.2) is 50.3 Å². The van der Waals surface area contributed by atoms with E-state index in [1.54, 1.807) is 23.0 Å². The number of hydrogen-bond acceptors (Lipinski definition) is 8. The minimum atomic E-state index is -0.0747. The van der Waals surface area contributed by atoms with E-state index in [-0.39, 0.29) is 5.56 Å². The molecule has 29 heavy (non-hydrogen) atoms. The van der Waals surface area contributed by atoms with Crippen LogP contribution in [0.15, 0.2) is 38.6 Å². The molecule has 0 aliphatic carbocycles. The zero-order valence-corrected chi connectivity index (χ0v) is 17.9. The molecule has 150 valence electrons. The van der Waals surface area contributed by atoms with E-state index in [1.165, 1.54) is 11.8 Å². The lowest BCUT2D eigenvalue weighted by Gasteiger charge is -2.28. The Morgan fingerprint density at radius 1 is 1.17 bits per heavy atom. The lowest BCUT2D eigenvalue weighted by Crippen LogP contribution is -2.44. The fraction of sp³-hybridized carbons (Fsp3) is 0.368. The summed E-state index contributed by atoms with van der Waals surface area (Å²) >= 11 is 3.02. The molecular weight excluding hydrogens is 406 g/mol. The number of benzene rings is 1. The lowest BCUT2D eigenvalue weighted by molar-refractivity contribution is 0.569. The monoisotopic (exact) mass is 427 g/mol. The number of piperazine rings is 1. The van der Waals surface area contributed by atoms with Crippen LogP contribution in [0.4, 0.5) is 5.95 Å². The summed E-state index contributed by atoms with van der Waals surface area (Å²) in [7, 11) is 1.77. The highest BCUT2D eigenvalue weighted by Crippen LogP contribution is 2.33. The second-order valence-electron chi connectivity index (χ2n) is 6.87. The second kappa shape index (κ2) is 7.43. The Morgan fingerprint density at radius 2 is 1.97 bits per heavy atom. The number of aryl methyl sites for hydroxylation is 1. The minimum Gasteiger partial charge on any atom is -0.340 e. The third-order valence-corrected chi connectivity index (χ3v) is 7.24. The lowest BCUT2D eigenvalue weighted by atomic mass is 10.3. The summed E-state index contributed by atoms with van der Waals surface area (Å²) in [5.74, 6) is 0.829. The molecule has 1 aliphatic heterocycles. The maximum absolute atomic E-state index is 13.2. The van der Waals surface area contributed by atoms with E-state index in [4.69, 9.17) is 9.97 Å². The first kappa shape index (κ1) is 18.6. The van der Waals surface area contributed by atoms with Gasteiger partial charge in [0.25, 0.3) is 5.56 Å². The molecule has 5 rings (SSSR count). The standard InChI is InChI=1S/C19H21N7OS2/c1-3-26-14-15(22-17(26)25-10-8-20-9-11-25)23-18(24(2)16(14)27)29-19-21-12-6-4-5-7-13(12)28-19/h4-7,20H,3,8-11H2,1-2H3. The molecule has 1 N–H and O–H groups in total. The smallest absolute Gasteiger partial charge is 0.280 e. The molecule has 3 aromatic heterocycles. The summed E-state index contributed by atoms with van der Waals surface area (Å²) in [4.78, 5) is 29.6. The number of anilines is 1. The van der Waals surface area contributed by atoms with Gasteiger partial charge in [-0.05, 0) is 30.8 Å². The van der Waals surface area contributed by atoms with Gasteiger partial charge in [0.15, 0.2) is 20.7 Å². The molecule has 1 saturated heterocycles. The van der Waals surface area contributed by atoms with Gasteiger partial charge in [-0.1, -0.05) is 12.1 Å². The van der Waals surface area contributed by atoms with Crippen molar-refractivity contribution in [3.05, 3.63) is 34.6 Å². The molecule has 1 fully saturated rings. The van der Waals surface area contributed by atoms with Crippen LogP contribution in [0.3, 0.4) is 0 Å². The SMILES string of the molecule is CCn1c(N2CCNCC2)nc2nc(Sc3nc4ccccc4s3)n(C)c(=O)c21. The predicted octanol–water partition coefficient (Wildman–Crippen LogP) is 2.32. The van der Waals surface area contributed by atoms with Gasteiger partial charge < -0.3 is 14.8 Å². The average molecular weight is 428 g/mol. The van der Waals surface area contributed by atoms with Gasteiger partial charge in [-0.25, -0.2) is 9.97 Å². The number of fused-ring (bicyclic) bond motifs is 2. The van der Waals surface area contributed by atoms with Crippen molar-refractivity contribution in [3.8, 4) is 0 Å². The highest BCUT2D eigenvalue weighted by molar-refractivity contribution is 8.01. The van der Waals surface area contributed by atoms with Crippen LogP contribution in [-0.2, 0) is 13.6 Å². The molecule has 4 aromatic rings. The van der Waals surface area contributed by atoms with E-state index in [9.17, 15) is 4.79 Å². The summed E-state index contributed by atoms with van der Waals surface area (Å²) in [6, 6.07) is 8.03. The van der Waals surface area contributed by atoms with Crippen molar-refractivity contribution in [2.75, 3.05) is 31.1 Å². The van der Waals surface area contributed by atoms with Crippen LogP contribution in [0.5, 0.6) is 0 Å². The fourth-order valence-corrected chi connectivity index (χ4v) is 5.61. The third-order valence-electron chi connectivity index (χ3n) is 5.09. The topological polar surface area (TPSA) is 80.9 Å². The van der Waals surface area contributed by atoms with Gasteiger partial charge in [-0.3, -0.25) is 9.36 Å². The van der Waals surface area contributed by atoms with E-state index < -0.39 is 0 Å². The molecule has 8 nitrogen and oxygen atoms in total. The van der Waals surface area contributed by atoms with E-state index >= 15 is 0 Å². The Balaban J connectivity index is 1.59. The molecule has 0 atom stereocenters. The van der Waals surface area contributed by atoms with Gasteiger partial charge >= 0.3 is 0 Å². The van der Waals surface area contributed by atoms with Crippen LogP contribution in [0.25, 0.3) is 21.4 Å². The molecule has 10 heteroatoms. The van der Waals surface area contributed by atoms with Crippen molar-refractivity contribution in [2.45, 2.75) is 23.0 Å². The Morgan fingerprint density at radius 3 is 2.72 bits per heavy atom. The zero-order chi connectivity index (χ0) is 20.0. The number of para-hydroxylation sites is 1. The number of nitrogens with zero attached hydrogens (tertiary/aromatic N) is 6. The van der Waals surface area contributed by atoms with Gasteiger partial charge in [-0.15, -0.1) is 11.3 Å². The summed E-state index contributed by atoms with van der Waals surface area (Å²) in [5.41, 5.74) is 1.96. The van der Waals surface area contributed by atoms with Gasteiger partial charge in [0.05, 0.1) is 10.2 Å². The maximum Gasteiger partial charge on any atom is 0.280 e. The number of aromatic nitrogens is 5. The van der Waals surface area contributed by atoms with Crippen molar-refractivity contribution in [1.82, 2.24) is 29.4 Å². The highest BCUT2D eigenvalue weighted by Gasteiger charge is 2.23. The largest absolute Gasteiger partial charge is 0.340 e. The molecule has 1 aromatic carbocycles. The normalized spacial score (nSPS) is 14.9. The summed E-state index contributed by atoms with van der Waals surface area (Å²) in [6.45, 7) is 6.29. The van der Waals surface area contributed by atoms with E-state index in [0.29, 0.717) is 22.9 Å². The summed E-state index contributed by atoms with van der Waals surface area (Å²) < 4.78 is 5.58. The van der Waals surface area contributed by atoms with Gasteiger partial charge in [0.2, 0.25) is 5.95 Å².